The lowest BCUT2D eigenvalue weighted by atomic mass is 9.99. The summed E-state index contributed by atoms with van der Waals surface area (Å²) in [4.78, 5) is 16.7. The molecule has 0 radical (unpaired) electrons. The van der Waals surface area contributed by atoms with Gasteiger partial charge in [-0.25, -0.2) is 0 Å². The molecule has 124 valence electrons. The van der Waals surface area contributed by atoms with Crippen molar-refractivity contribution >= 4 is 22.8 Å². The number of nitrogens with zero attached hydrogens (tertiary/aromatic N) is 1. The fraction of sp³-hybridized carbons (Fsp3) is 0.136. The predicted molar refractivity (Wildman–Crippen MR) is 105 cm³/mol. The summed E-state index contributed by atoms with van der Waals surface area (Å²) in [6.07, 6.45) is 3.09. The van der Waals surface area contributed by atoms with Gasteiger partial charge in [-0.1, -0.05) is 66.7 Å². The van der Waals surface area contributed by atoms with E-state index in [4.69, 9.17) is 0 Å². The molecule has 4 rings (SSSR count). The Balaban J connectivity index is 1.48. The molecule has 1 amide bonds. The maximum absolute atomic E-state index is 12.8. The molecule has 1 aromatic heterocycles. The minimum Gasteiger partial charge on any atom is -0.334 e. The Kier molecular flexibility index (Phi) is 4.49. The van der Waals surface area contributed by atoms with Crippen molar-refractivity contribution in [1.29, 1.82) is 0 Å². The van der Waals surface area contributed by atoms with Gasteiger partial charge in [0.25, 0.3) is 5.91 Å². The highest BCUT2D eigenvalue weighted by atomic mass is 32.1. The molecule has 0 N–H and O–H groups in total. The number of benzene rings is 2. The molecular formula is C22H19NOS. The smallest absolute Gasteiger partial charge is 0.264 e. The first kappa shape index (κ1) is 15.9. The lowest BCUT2D eigenvalue weighted by Gasteiger charge is -2.26. The molecule has 1 aliphatic rings. The van der Waals surface area contributed by atoms with Crippen LogP contribution in [0.2, 0.25) is 0 Å². The van der Waals surface area contributed by atoms with E-state index in [2.05, 4.69) is 42.5 Å². The van der Waals surface area contributed by atoms with Gasteiger partial charge in [0.1, 0.15) is 0 Å². The van der Waals surface area contributed by atoms with Crippen LogP contribution >= 0.6 is 11.3 Å². The number of carbonyl (C=O) groups is 1. The van der Waals surface area contributed by atoms with Gasteiger partial charge in [-0.05, 0) is 35.3 Å². The van der Waals surface area contributed by atoms with Crippen molar-refractivity contribution in [3.05, 3.63) is 89.3 Å². The molecular weight excluding hydrogens is 326 g/mol. The van der Waals surface area contributed by atoms with E-state index in [1.807, 2.05) is 41.3 Å². The zero-order chi connectivity index (χ0) is 17.1. The lowest BCUT2D eigenvalue weighted by molar-refractivity contribution is 0.0777. The Bertz CT molecular complexity index is 896. The van der Waals surface area contributed by atoms with E-state index < -0.39 is 0 Å². The largest absolute Gasteiger partial charge is 0.334 e. The van der Waals surface area contributed by atoms with Gasteiger partial charge in [-0.15, -0.1) is 11.3 Å². The number of carbonyl (C=O) groups excluding carboxylic acids is 1. The van der Waals surface area contributed by atoms with Crippen LogP contribution in [0.3, 0.4) is 0 Å². The Morgan fingerprint density at radius 2 is 1.52 bits per heavy atom. The first-order chi connectivity index (χ1) is 12.3. The fourth-order valence-electron chi connectivity index (χ4n) is 3.13. The minimum absolute atomic E-state index is 0.135. The SMILES string of the molecule is O=C(c1ccc(-c2ccccc2)s1)N1CC=C(c2ccccc2)CC1. The lowest BCUT2D eigenvalue weighted by Crippen LogP contribution is -2.34. The van der Waals surface area contributed by atoms with E-state index in [0.29, 0.717) is 6.54 Å². The van der Waals surface area contributed by atoms with E-state index in [1.54, 1.807) is 11.3 Å². The highest BCUT2D eigenvalue weighted by molar-refractivity contribution is 7.17. The highest BCUT2D eigenvalue weighted by Crippen LogP contribution is 2.30. The van der Waals surface area contributed by atoms with Crippen LogP contribution in [0.4, 0.5) is 0 Å². The molecule has 0 aliphatic carbocycles. The molecule has 3 heteroatoms. The van der Waals surface area contributed by atoms with Gasteiger partial charge in [-0.3, -0.25) is 4.79 Å². The maximum atomic E-state index is 12.8. The number of hydrogen-bond donors (Lipinski definition) is 0. The number of amides is 1. The highest BCUT2D eigenvalue weighted by Gasteiger charge is 2.20. The van der Waals surface area contributed by atoms with Gasteiger partial charge in [-0.2, -0.15) is 0 Å². The molecule has 2 heterocycles. The van der Waals surface area contributed by atoms with Crippen LogP contribution < -0.4 is 0 Å². The molecule has 25 heavy (non-hydrogen) atoms. The Morgan fingerprint density at radius 1 is 0.840 bits per heavy atom. The van der Waals surface area contributed by atoms with Crippen molar-refractivity contribution in [3.63, 3.8) is 0 Å². The van der Waals surface area contributed by atoms with E-state index in [1.165, 1.54) is 11.1 Å². The van der Waals surface area contributed by atoms with Crippen LogP contribution in [-0.4, -0.2) is 23.9 Å². The molecule has 0 saturated heterocycles. The summed E-state index contributed by atoms with van der Waals surface area (Å²) >= 11 is 1.57. The zero-order valence-electron chi connectivity index (χ0n) is 13.9. The monoisotopic (exact) mass is 345 g/mol. The molecule has 0 unspecified atom stereocenters. The normalized spacial score (nSPS) is 14.2. The van der Waals surface area contributed by atoms with E-state index in [9.17, 15) is 4.79 Å². The predicted octanol–water partition coefficient (Wildman–Crippen LogP) is 5.34. The van der Waals surface area contributed by atoms with Crippen molar-refractivity contribution in [3.8, 4) is 10.4 Å². The molecule has 2 nitrogen and oxygen atoms in total. The number of hydrogen-bond acceptors (Lipinski definition) is 2. The summed E-state index contributed by atoms with van der Waals surface area (Å²) in [6.45, 7) is 1.46. The Hall–Kier alpha value is -2.65. The molecule has 1 aliphatic heterocycles. The third-order valence-corrected chi connectivity index (χ3v) is 5.64. The second-order valence-electron chi connectivity index (χ2n) is 6.13. The molecule has 0 fully saturated rings. The van der Waals surface area contributed by atoms with E-state index in [-0.39, 0.29) is 5.91 Å². The van der Waals surface area contributed by atoms with Crippen LogP contribution in [0.15, 0.2) is 78.9 Å². The van der Waals surface area contributed by atoms with Crippen molar-refractivity contribution in [2.75, 3.05) is 13.1 Å². The van der Waals surface area contributed by atoms with E-state index in [0.717, 1.165) is 28.3 Å². The summed E-state index contributed by atoms with van der Waals surface area (Å²) < 4.78 is 0. The van der Waals surface area contributed by atoms with Crippen molar-refractivity contribution in [2.24, 2.45) is 0 Å². The van der Waals surface area contributed by atoms with Crippen LogP contribution in [0.1, 0.15) is 21.7 Å². The second-order valence-corrected chi connectivity index (χ2v) is 7.21. The average molecular weight is 345 g/mol. The molecule has 3 aromatic rings. The van der Waals surface area contributed by atoms with Gasteiger partial charge < -0.3 is 4.90 Å². The molecule has 0 spiro atoms. The first-order valence-electron chi connectivity index (χ1n) is 8.50. The second kappa shape index (κ2) is 7.08. The van der Waals surface area contributed by atoms with Crippen LogP contribution in [0.25, 0.3) is 16.0 Å². The van der Waals surface area contributed by atoms with Gasteiger partial charge >= 0.3 is 0 Å². The third-order valence-electron chi connectivity index (χ3n) is 4.52. The van der Waals surface area contributed by atoms with E-state index >= 15 is 0 Å². The van der Waals surface area contributed by atoms with Crippen molar-refractivity contribution < 1.29 is 4.79 Å². The van der Waals surface area contributed by atoms with Gasteiger partial charge in [0.05, 0.1) is 4.88 Å². The summed E-state index contributed by atoms with van der Waals surface area (Å²) in [5.41, 5.74) is 3.76. The standard InChI is InChI=1S/C22H19NOS/c24-22(21-12-11-20(25-21)19-9-5-2-6-10-19)23-15-13-18(14-16-23)17-7-3-1-4-8-17/h1-13H,14-16H2. The summed E-state index contributed by atoms with van der Waals surface area (Å²) in [5, 5.41) is 0. The van der Waals surface area contributed by atoms with Crippen molar-refractivity contribution in [1.82, 2.24) is 4.90 Å². The van der Waals surface area contributed by atoms with Crippen LogP contribution in [-0.2, 0) is 0 Å². The fourth-order valence-corrected chi connectivity index (χ4v) is 4.11. The molecule has 0 atom stereocenters. The molecule has 0 bridgehead atoms. The summed E-state index contributed by atoms with van der Waals surface area (Å²) in [7, 11) is 0. The minimum atomic E-state index is 0.135. The van der Waals surface area contributed by atoms with Gasteiger partial charge in [0.15, 0.2) is 0 Å². The Labute approximate surface area is 152 Å². The topological polar surface area (TPSA) is 20.3 Å². The van der Waals surface area contributed by atoms with Gasteiger partial charge in [0, 0.05) is 18.0 Å². The van der Waals surface area contributed by atoms with Crippen LogP contribution in [0, 0.1) is 0 Å². The quantitative estimate of drug-likeness (QED) is 0.627. The number of thiophene rings is 1. The average Bonchev–Trinajstić information content (AvgIpc) is 3.19. The Morgan fingerprint density at radius 3 is 2.16 bits per heavy atom. The molecule has 0 saturated carbocycles. The van der Waals surface area contributed by atoms with Crippen LogP contribution in [0.5, 0.6) is 0 Å². The maximum Gasteiger partial charge on any atom is 0.264 e. The summed E-state index contributed by atoms with van der Waals surface area (Å²) in [5.74, 6) is 0.135. The zero-order valence-corrected chi connectivity index (χ0v) is 14.7. The molecule has 2 aromatic carbocycles. The van der Waals surface area contributed by atoms with Gasteiger partial charge in [0.2, 0.25) is 0 Å². The first-order valence-corrected chi connectivity index (χ1v) is 9.32. The number of rotatable bonds is 3. The third kappa shape index (κ3) is 3.42. The van der Waals surface area contributed by atoms with Crippen molar-refractivity contribution in [2.45, 2.75) is 6.42 Å². The summed E-state index contributed by atoms with van der Waals surface area (Å²) in [6, 6.07) is 24.6.